The molecule has 1 aromatic rings. The summed E-state index contributed by atoms with van der Waals surface area (Å²) < 4.78 is 10.3. The van der Waals surface area contributed by atoms with Crippen molar-refractivity contribution in [2.45, 2.75) is 13.5 Å². The standard InChI is InChI=1S/C17H18N4O6/c1-2-26-16(22)14-9-18-20-8-7-19(10-15(14)20)17(23)27-11-12-3-5-13(6-4-12)21(24)25/h3-6,9-10,18H,2,7-8,11H2,1H3. The molecule has 0 radical (unpaired) electrons. The largest absolute Gasteiger partial charge is 0.462 e. The molecule has 0 saturated carbocycles. The van der Waals surface area contributed by atoms with E-state index >= 15 is 0 Å². The molecule has 0 fully saturated rings. The van der Waals surface area contributed by atoms with Crippen molar-refractivity contribution in [1.82, 2.24) is 15.3 Å². The Morgan fingerprint density at radius 1 is 1.22 bits per heavy atom. The zero-order valence-corrected chi connectivity index (χ0v) is 14.6. The minimum Gasteiger partial charge on any atom is -0.462 e. The maximum atomic E-state index is 12.3. The first-order chi connectivity index (χ1) is 13.0. The molecule has 1 amide bonds. The molecule has 142 valence electrons. The fourth-order valence-electron chi connectivity index (χ4n) is 2.63. The molecule has 2 aliphatic heterocycles. The quantitative estimate of drug-likeness (QED) is 0.470. The number of hydrazine groups is 1. The second kappa shape index (κ2) is 7.77. The van der Waals surface area contributed by atoms with E-state index in [0.717, 1.165) is 0 Å². The van der Waals surface area contributed by atoms with Crippen LogP contribution in [0.1, 0.15) is 12.5 Å². The smallest absolute Gasteiger partial charge is 0.414 e. The van der Waals surface area contributed by atoms with Crippen molar-refractivity contribution >= 4 is 17.7 Å². The number of benzene rings is 1. The summed E-state index contributed by atoms with van der Waals surface area (Å²) in [6.07, 6.45) is 2.50. The molecule has 10 nitrogen and oxygen atoms in total. The molecule has 0 saturated heterocycles. The van der Waals surface area contributed by atoms with Crippen molar-refractivity contribution in [3.63, 3.8) is 0 Å². The number of rotatable bonds is 5. The highest BCUT2D eigenvalue weighted by molar-refractivity contribution is 5.94. The van der Waals surface area contributed by atoms with Crippen LogP contribution in [0.5, 0.6) is 0 Å². The molecule has 2 aliphatic rings. The van der Waals surface area contributed by atoms with Gasteiger partial charge in [0, 0.05) is 31.1 Å². The van der Waals surface area contributed by atoms with Crippen LogP contribution in [0, 0.1) is 10.1 Å². The Bertz CT molecular complexity index is 817. The maximum Gasteiger partial charge on any atom is 0.414 e. The Morgan fingerprint density at radius 3 is 2.63 bits per heavy atom. The Hall–Kier alpha value is -3.56. The van der Waals surface area contributed by atoms with Crippen molar-refractivity contribution < 1.29 is 24.0 Å². The van der Waals surface area contributed by atoms with Gasteiger partial charge in [-0.25, -0.2) is 9.59 Å². The van der Waals surface area contributed by atoms with Gasteiger partial charge in [0.05, 0.1) is 23.8 Å². The Labute approximate surface area is 154 Å². The van der Waals surface area contributed by atoms with Gasteiger partial charge >= 0.3 is 12.1 Å². The molecule has 0 atom stereocenters. The molecular formula is C17H18N4O6. The van der Waals surface area contributed by atoms with Gasteiger partial charge in [0.1, 0.15) is 12.2 Å². The Kier molecular flexibility index (Phi) is 5.25. The van der Waals surface area contributed by atoms with Crippen molar-refractivity contribution in [2.24, 2.45) is 0 Å². The highest BCUT2D eigenvalue weighted by Gasteiger charge is 2.32. The molecule has 0 spiro atoms. The van der Waals surface area contributed by atoms with Gasteiger partial charge in [-0.1, -0.05) is 0 Å². The van der Waals surface area contributed by atoms with E-state index in [1.54, 1.807) is 11.9 Å². The van der Waals surface area contributed by atoms with Gasteiger partial charge in [-0.05, 0) is 24.6 Å². The van der Waals surface area contributed by atoms with Crippen LogP contribution in [-0.4, -0.2) is 46.6 Å². The number of hydrogen-bond donors (Lipinski definition) is 1. The first-order valence-electron chi connectivity index (χ1n) is 8.29. The van der Waals surface area contributed by atoms with Gasteiger partial charge in [0.25, 0.3) is 5.69 Å². The monoisotopic (exact) mass is 374 g/mol. The van der Waals surface area contributed by atoms with Crippen LogP contribution in [-0.2, 0) is 20.9 Å². The van der Waals surface area contributed by atoms with Crippen LogP contribution in [0.2, 0.25) is 0 Å². The first kappa shape index (κ1) is 18.2. The minimum absolute atomic E-state index is 0.0148. The number of nitro groups is 1. The molecule has 2 heterocycles. The predicted molar refractivity (Wildman–Crippen MR) is 92.6 cm³/mol. The van der Waals surface area contributed by atoms with Gasteiger partial charge in [-0.2, -0.15) is 0 Å². The Morgan fingerprint density at radius 2 is 1.96 bits per heavy atom. The van der Waals surface area contributed by atoms with E-state index in [9.17, 15) is 19.7 Å². The molecule has 27 heavy (non-hydrogen) atoms. The zero-order chi connectivity index (χ0) is 19.4. The van der Waals surface area contributed by atoms with E-state index in [-0.39, 0.29) is 18.9 Å². The third-order valence-electron chi connectivity index (χ3n) is 4.01. The number of non-ortho nitro benzene ring substituents is 1. The predicted octanol–water partition coefficient (Wildman–Crippen LogP) is 1.66. The number of carbonyl (C=O) groups excluding carboxylic acids is 2. The highest BCUT2D eigenvalue weighted by Crippen LogP contribution is 2.24. The number of ether oxygens (including phenoxy) is 2. The minimum atomic E-state index is -0.574. The number of nitrogens with zero attached hydrogens (tertiary/aromatic N) is 3. The topological polar surface area (TPSA) is 114 Å². The van der Waals surface area contributed by atoms with Crippen molar-refractivity contribution in [3.8, 4) is 0 Å². The van der Waals surface area contributed by atoms with Gasteiger partial charge in [-0.15, -0.1) is 0 Å². The summed E-state index contributed by atoms with van der Waals surface area (Å²) in [5, 5.41) is 12.4. The summed E-state index contributed by atoms with van der Waals surface area (Å²) in [5.74, 6) is -0.472. The summed E-state index contributed by atoms with van der Waals surface area (Å²) in [6.45, 7) is 2.80. The SMILES string of the molecule is CCOC(=O)C1=CNN2CCN(C(=O)OCc3ccc([N+](=O)[O-])cc3)C=C12. The molecule has 1 N–H and O–H groups in total. The first-order valence-corrected chi connectivity index (χ1v) is 8.29. The van der Waals surface area contributed by atoms with Crippen LogP contribution in [0.25, 0.3) is 0 Å². The van der Waals surface area contributed by atoms with E-state index in [4.69, 9.17) is 9.47 Å². The van der Waals surface area contributed by atoms with E-state index in [1.165, 1.54) is 41.6 Å². The maximum absolute atomic E-state index is 12.3. The van der Waals surface area contributed by atoms with E-state index in [2.05, 4.69) is 5.43 Å². The van der Waals surface area contributed by atoms with E-state index < -0.39 is 17.0 Å². The molecule has 0 unspecified atom stereocenters. The third-order valence-corrected chi connectivity index (χ3v) is 4.01. The second-order valence-electron chi connectivity index (χ2n) is 5.75. The lowest BCUT2D eigenvalue weighted by atomic mass is 10.2. The number of nitro benzene ring substituents is 1. The number of nitrogens with one attached hydrogen (secondary N) is 1. The highest BCUT2D eigenvalue weighted by atomic mass is 16.6. The van der Waals surface area contributed by atoms with Crippen LogP contribution >= 0.6 is 0 Å². The van der Waals surface area contributed by atoms with E-state index in [1.807, 2.05) is 0 Å². The van der Waals surface area contributed by atoms with Crippen molar-refractivity contribution in [2.75, 3.05) is 19.7 Å². The number of esters is 1. The molecular weight excluding hydrogens is 356 g/mol. The van der Waals surface area contributed by atoms with Crippen LogP contribution < -0.4 is 5.43 Å². The normalized spacial score (nSPS) is 15.3. The third kappa shape index (κ3) is 4.00. The van der Waals surface area contributed by atoms with Crippen molar-refractivity contribution in [3.05, 3.63) is 63.6 Å². The Balaban J connectivity index is 1.62. The number of fused-ring (bicyclic) bond motifs is 1. The summed E-state index contributed by atoms with van der Waals surface area (Å²) >= 11 is 0. The summed E-state index contributed by atoms with van der Waals surface area (Å²) in [6, 6.07) is 5.77. The van der Waals surface area contributed by atoms with Crippen LogP contribution in [0.3, 0.4) is 0 Å². The molecule has 10 heteroatoms. The van der Waals surface area contributed by atoms with Crippen LogP contribution in [0.4, 0.5) is 10.5 Å². The summed E-state index contributed by atoms with van der Waals surface area (Å²) in [5.41, 5.74) is 4.42. The number of amides is 1. The average Bonchev–Trinajstić information content (AvgIpc) is 3.10. The lowest BCUT2D eigenvalue weighted by Gasteiger charge is -2.31. The van der Waals surface area contributed by atoms with E-state index in [0.29, 0.717) is 29.9 Å². The van der Waals surface area contributed by atoms with Crippen molar-refractivity contribution in [1.29, 1.82) is 0 Å². The fraction of sp³-hybridized carbons (Fsp3) is 0.294. The van der Waals surface area contributed by atoms with Gasteiger partial charge in [-0.3, -0.25) is 20.0 Å². The molecule has 0 aliphatic carbocycles. The second-order valence-corrected chi connectivity index (χ2v) is 5.75. The molecule has 1 aromatic carbocycles. The van der Waals surface area contributed by atoms with Crippen LogP contribution in [0.15, 0.2) is 47.9 Å². The van der Waals surface area contributed by atoms with Gasteiger partial charge < -0.3 is 14.9 Å². The van der Waals surface area contributed by atoms with Gasteiger partial charge in [0.2, 0.25) is 0 Å². The lowest BCUT2D eigenvalue weighted by Crippen LogP contribution is -2.43. The number of carbonyl (C=O) groups is 2. The average molecular weight is 374 g/mol. The number of hydrogen-bond acceptors (Lipinski definition) is 8. The lowest BCUT2D eigenvalue weighted by molar-refractivity contribution is -0.384. The summed E-state index contributed by atoms with van der Waals surface area (Å²) in [4.78, 5) is 35.8. The van der Waals surface area contributed by atoms with Gasteiger partial charge in [0.15, 0.2) is 0 Å². The molecule has 0 aromatic heterocycles. The fourth-order valence-corrected chi connectivity index (χ4v) is 2.63. The molecule has 0 bridgehead atoms. The molecule has 3 rings (SSSR count). The zero-order valence-electron chi connectivity index (χ0n) is 14.6. The summed E-state index contributed by atoms with van der Waals surface area (Å²) in [7, 11) is 0.